The Morgan fingerprint density at radius 3 is 2.86 bits per heavy atom. The summed E-state index contributed by atoms with van der Waals surface area (Å²) in [5.41, 5.74) is -0.612. The molecule has 0 aliphatic carbocycles. The van der Waals surface area contributed by atoms with Crippen molar-refractivity contribution in [3.8, 4) is 0 Å². The Morgan fingerprint density at radius 1 is 1.43 bits per heavy atom. The smallest absolute Gasteiger partial charge is 0.305 e. The molecule has 5 nitrogen and oxygen atoms in total. The van der Waals surface area contributed by atoms with Crippen molar-refractivity contribution in [2.24, 2.45) is 5.92 Å². The van der Waals surface area contributed by atoms with E-state index in [9.17, 15) is 18.9 Å². The van der Waals surface area contributed by atoms with Crippen molar-refractivity contribution in [2.75, 3.05) is 13.2 Å². The summed E-state index contributed by atoms with van der Waals surface area (Å²) in [6.07, 6.45) is 2.06. The fourth-order valence-electron chi connectivity index (χ4n) is 2.63. The lowest BCUT2D eigenvalue weighted by atomic mass is 9.99. The Balaban J connectivity index is 1.97. The zero-order chi connectivity index (χ0) is 15.4. The Bertz CT molecular complexity index is 525. The van der Waals surface area contributed by atoms with E-state index in [-0.39, 0.29) is 18.2 Å². The maximum atomic E-state index is 13.6. The van der Waals surface area contributed by atoms with Crippen LogP contribution in [-0.2, 0) is 11.3 Å². The van der Waals surface area contributed by atoms with Gasteiger partial charge in [-0.3, -0.25) is 10.1 Å². The van der Waals surface area contributed by atoms with Crippen LogP contribution in [0.2, 0.25) is 0 Å². The molecule has 1 aliphatic heterocycles. The normalized spacial score (nSPS) is 21.7. The number of hydrogen-bond donors (Lipinski definition) is 1. The summed E-state index contributed by atoms with van der Waals surface area (Å²) >= 11 is 0. The van der Waals surface area contributed by atoms with E-state index < -0.39 is 22.2 Å². The van der Waals surface area contributed by atoms with Gasteiger partial charge in [-0.2, -0.15) is 4.39 Å². The molecule has 21 heavy (non-hydrogen) atoms. The Morgan fingerprint density at radius 2 is 2.19 bits per heavy atom. The molecular formula is C14H18F2N2O3. The molecule has 0 spiro atoms. The van der Waals surface area contributed by atoms with Gasteiger partial charge in [0.15, 0.2) is 0 Å². The fourth-order valence-corrected chi connectivity index (χ4v) is 2.63. The first-order chi connectivity index (χ1) is 10.0. The molecule has 1 aromatic rings. The van der Waals surface area contributed by atoms with E-state index in [1.807, 2.05) is 6.92 Å². The van der Waals surface area contributed by atoms with Gasteiger partial charge in [0.05, 0.1) is 11.0 Å². The molecule has 0 radical (unpaired) electrons. The first kappa shape index (κ1) is 15.8. The summed E-state index contributed by atoms with van der Waals surface area (Å²) in [6, 6.07) is 1.50. The summed E-state index contributed by atoms with van der Waals surface area (Å²) in [5.74, 6) is -1.58. The first-order valence-corrected chi connectivity index (χ1v) is 6.97. The summed E-state index contributed by atoms with van der Waals surface area (Å²) < 4.78 is 32.4. The van der Waals surface area contributed by atoms with Crippen molar-refractivity contribution in [3.63, 3.8) is 0 Å². The molecule has 0 aromatic heterocycles. The first-order valence-electron chi connectivity index (χ1n) is 6.97. The van der Waals surface area contributed by atoms with Crippen LogP contribution in [-0.4, -0.2) is 24.2 Å². The average molecular weight is 300 g/mol. The molecule has 2 atom stereocenters. The fraction of sp³-hybridized carbons (Fsp3) is 0.571. The summed E-state index contributed by atoms with van der Waals surface area (Å²) in [7, 11) is 0. The van der Waals surface area contributed by atoms with Crippen LogP contribution in [0.3, 0.4) is 0 Å². The maximum absolute atomic E-state index is 13.6. The van der Waals surface area contributed by atoms with Crippen molar-refractivity contribution in [1.29, 1.82) is 0 Å². The number of rotatable bonds is 6. The van der Waals surface area contributed by atoms with Crippen LogP contribution >= 0.6 is 0 Å². The van der Waals surface area contributed by atoms with Gasteiger partial charge in [0.2, 0.25) is 5.82 Å². The highest BCUT2D eigenvalue weighted by Crippen LogP contribution is 2.24. The lowest BCUT2D eigenvalue weighted by Gasteiger charge is -2.17. The molecule has 0 bridgehead atoms. The summed E-state index contributed by atoms with van der Waals surface area (Å²) in [6.45, 7) is 3.54. The zero-order valence-corrected chi connectivity index (χ0v) is 11.8. The molecular weight excluding hydrogens is 282 g/mol. The molecule has 0 saturated carbocycles. The van der Waals surface area contributed by atoms with Crippen LogP contribution in [0.1, 0.15) is 25.3 Å². The lowest BCUT2D eigenvalue weighted by molar-refractivity contribution is -0.387. The topological polar surface area (TPSA) is 64.4 Å². The van der Waals surface area contributed by atoms with Crippen molar-refractivity contribution in [3.05, 3.63) is 39.4 Å². The minimum atomic E-state index is -1.16. The second kappa shape index (κ2) is 6.91. The number of nitrogens with zero attached hydrogens (tertiary/aromatic N) is 1. The van der Waals surface area contributed by atoms with Gasteiger partial charge in [0.25, 0.3) is 0 Å². The molecule has 116 valence electrons. The average Bonchev–Trinajstić information content (AvgIpc) is 2.88. The molecule has 1 heterocycles. The highest BCUT2D eigenvalue weighted by atomic mass is 19.1. The zero-order valence-electron chi connectivity index (χ0n) is 11.8. The SMILES string of the molecule is CCC1OCCC1CNCc1cc([N+](=O)[O-])c(F)cc1F. The second-order valence-corrected chi connectivity index (χ2v) is 5.15. The number of ether oxygens (including phenoxy) is 1. The molecule has 1 aromatic carbocycles. The van der Waals surface area contributed by atoms with Crippen LogP contribution in [0.5, 0.6) is 0 Å². The number of nitro groups is 1. The van der Waals surface area contributed by atoms with E-state index in [0.29, 0.717) is 18.5 Å². The predicted octanol–water partition coefficient (Wildman–Crippen LogP) is 2.78. The molecule has 0 amide bonds. The Labute approximate surface area is 121 Å². The van der Waals surface area contributed by atoms with Crippen LogP contribution in [0.25, 0.3) is 0 Å². The van der Waals surface area contributed by atoms with Gasteiger partial charge in [-0.1, -0.05) is 6.92 Å². The van der Waals surface area contributed by atoms with Crippen molar-refractivity contribution in [1.82, 2.24) is 5.32 Å². The minimum Gasteiger partial charge on any atom is -0.378 e. The number of hydrogen-bond acceptors (Lipinski definition) is 4. The molecule has 1 N–H and O–H groups in total. The van der Waals surface area contributed by atoms with E-state index >= 15 is 0 Å². The summed E-state index contributed by atoms with van der Waals surface area (Å²) in [5, 5.41) is 13.7. The van der Waals surface area contributed by atoms with Gasteiger partial charge in [-0.05, 0) is 18.8 Å². The van der Waals surface area contributed by atoms with Crippen LogP contribution in [0.15, 0.2) is 12.1 Å². The quantitative estimate of drug-likeness (QED) is 0.648. The third-order valence-electron chi connectivity index (χ3n) is 3.78. The van der Waals surface area contributed by atoms with Gasteiger partial charge in [0, 0.05) is 37.4 Å². The number of nitrogens with one attached hydrogen (secondary N) is 1. The van der Waals surface area contributed by atoms with Gasteiger partial charge in [0.1, 0.15) is 5.82 Å². The highest BCUT2D eigenvalue weighted by Gasteiger charge is 2.26. The molecule has 7 heteroatoms. The van der Waals surface area contributed by atoms with Gasteiger partial charge in [-0.25, -0.2) is 4.39 Å². The Kier molecular flexibility index (Phi) is 5.19. The molecule has 2 unspecified atom stereocenters. The third kappa shape index (κ3) is 3.74. The largest absolute Gasteiger partial charge is 0.378 e. The van der Waals surface area contributed by atoms with E-state index in [1.54, 1.807) is 0 Å². The molecule has 1 fully saturated rings. The number of nitro benzene ring substituents is 1. The maximum Gasteiger partial charge on any atom is 0.305 e. The molecule has 2 rings (SSSR count). The second-order valence-electron chi connectivity index (χ2n) is 5.15. The van der Waals surface area contributed by atoms with Gasteiger partial charge in [-0.15, -0.1) is 0 Å². The minimum absolute atomic E-state index is 0.0927. The standard InChI is InChI=1S/C14H18F2N2O3/c1-2-14-9(3-4-21-14)7-17-8-10-5-13(18(19)20)12(16)6-11(10)15/h5-6,9,14,17H,2-4,7-8H2,1H3. The number of halogens is 2. The van der Waals surface area contributed by atoms with Crippen molar-refractivity contribution < 1.29 is 18.4 Å². The highest BCUT2D eigenvalue weighted by molar-refractivity contribution is 5.37. The van der Waals surface area contributed by atoms with Gasteiger partial charge < -0.3 is 10.1 Å². The van der Waals surface area contributed by atoms with E-state index in [1.165, 1.54) is 0 Å². The van der Waals surface area contributed by atoms with Crippen LogP contribution < -0.4 is 5.32 Å². The summed E-state index contributed by atoms with van der Waals surface area (Å²) in [4.78, 5) is 9.81. The third-order valence-corrected chi connectivity index (χ3v) is 3.78. The predicted molar refractivity (Wildman–Crippen MR) is 72.9 cm³/mol. The van der Waals surface area contributed by atoms with Crippen molar-refractivity contribution >= 4 is 5.69 Å². The van der Waals surface area contributed by atoms with E-state index in [4.69, 9.17) is 4.74 Å². The van der Waals surface area contributed by atoms with E-state index in [2.05, 4.69) is 5.32 Å². The van der Waals surface area contributed by atoms with Gasteiger partial charge >= 0.3 is 5.69 Å². The lowest BCUT2D eigenvalue weighted by Crippen LogP contribution is -2.28. The Hall–Kier alpha value is -1.60. The van der Waals surface area contributed by atoms with Crippen molar-refractivity contribution in [2.45, 2.75) is 32.4 Å². The van der Waals surface area contributed by atoms with Crippen LogP contribution in [0, 0.1) is 27.7 Å². The molecule has 1 aliphatic rings. The van der Waals surface area contributed by atoms with Crippen LogP contribution in [0.4, 0.5) is 14.5 Å². The van der Waals surface area contributed by atoms with E-state index in [0.717, 1.165) is 25.5 Å². The monoisotopic (exact) mass is 300 g/mol. The number of benzene rings is 1. The molecule has 1 saturated heterocycles.